The van der Waals surface area contributed by atoms with Gasteiger partial charge in [0, 0.05) is 17.0 Å². The maximum atomic E-state index is 11.2. The third kappa shape index (κ3) is 1.13. The molecule has 0 aliphatic carbocycles. The van der Waals surface area contributed by atoms with E-state index in [1.54, 1.807) is 12.4 Å². The zero-order valence-electron chi connectivity index (χ0n) is 9.18. The molecule has 18 heavy (non-hydrogen) atoms. The number of rotatable bonds is 0. The van der Waals surface area contributed by atoms with Gasteiger partial charge in [-0.05, 0) is 12.1 Å². The van der Waals surface area contributed by atoms with E-state index in [1.807, 2.05) is 24.3 Å². The van der Waals surface area contributed by atoms with Crippen molar-refractivity contribution in [2.24, 2.45) is 0 Å². The highest BCUT2D eigenvalue weighted by molar-refractivity contribution is 6.10. The summed E-state index contributed by atoms with van der Waals surface area (Å²) < 4.78 is 5.15. The average molecular weight is 237 g/mol. The first-order valence-electron chi connectivity index (χ1n) is 5.48. The molecule has 1 aromatic carbocycles. The lowest BCUT2D eigenvalue weighted by molar-refractivity contribution is 0.558. The number of aromatic nitrogens is 3. The zero-order chi connectivity index (χ0) is 12.1. The van der Waals surface area contributed by atoms with E-state index in [9.17, 15) is 4.79 Å². The summed E-state index contributed by atoms with van der Waals surface area (Å²) in [5, 5.41) is 1.80. The van der Waals surface area contributed by atoms with Gasteiger partial charge in [-0.2, -0.15) is 0 Å². The predicted molar refractivity (Wildman–Crippen MR) is 67.4 cm³/mol. The molecule has 0 aliphatic rings. The Hall–Kier alpha value is -2.69. The highest BCUT2D eigenvalue weighted by Crippen LogP contribution is 2.26. The molecule has 0 unspecified atom stereocenters. The normalized spacial score (nSPS) is 11.6. The van der Waals surface area contributed by atoms with Crippen LogP contribution in [0.4, 0.5) is 0 Å². The SMILES string of the molecule is O=c1[nH]c2cnc3c(ccc4cccnc43)c2o1. The Balaban J connectivity index is 2.33. The van der Waals surface area contributed by atoms with E-state index in [2.05, 4.69) is 15.0 Å². The third-order valence-electron chi connectivity index (χ3n) is 2.99. The van der Waals surface area contributed by atoms with Gasteiger partial charge in [0.2, 0.25) is 0 Å². The van der Waals surface area contributed by atoms with E-state index in [1.165, 1.54) is 0 Å². The smallest absolute Gasteiger partial charge is 0.407 e. The Morgan fingerprint density at radius 1 is 1.11 bits per heavy atom. The number of oxazole rings is 1. The number of nitrogens with one attached hydrogen (secondary N) is 1. The highest BCUT2D eigenvalue weighted by Gasteiger charge is 2.10. The molecule has 1 N–H and O–H groups in total. The van der Waals surface area contributed by atoms with Crippen LogP contribution in [0.1, 0.15) is 0 Å². The Morgan fingerprint density at radius 3 is 3.00 bits per heavy atom. The lowest BCUT2D eigenvalue weighted by Gasteiger charge is -2.01. The van der Waals surface area contributed by atoms with Crippen molar-refractivity contribution >= 4 is 32.9 Å². The van der Waals surface area contributed by atoms with E-state index in [4.69, 9.17) is 4.42 Å². The first-order valence-corrected chi connectivity index (χ1v) is 5.48. The summed E-state index contributed by atoms with van der Waals surface area (Å²) in [4.78, 5) is 22.5. The van der Waals surface area contributed by atoms with Crippen LogP contribution < -0.4 is 5.76 Å². The van der Waals surface area contributed by atoms with Crippen LogP contribution in [0.3, 0.4) is 0 Å². The lowest BCUT2D eigenvalue weighted by atomic mass is 10.1. The molecular weight excluding hydrogens is 230 g/mol. The van der Waals surface area contributed by atoms with Gasteiger partial charge >= 0.3 is 5.76 Å². The molecular formula is C13H7N3O2. The van der Waals surface area contributed by atoms with Crippen LogP contribution in [0.2, 0.25) is 0 Å². The summed E-state index contributed by atoms with van der Waals surface area (Å²) >= 11 is 0. The van der Waals surface area contributed by atoms with E-state index in [0.29, 0.717) is 11.1 Å². The number of H-pyrrole nitrogens is 1. The third-order valence-corrected chi connectivity index (χ3v) is 2.99. The van der Waals surface area contributed by atoms with E-state index in [0.717, 1.165) is 21.8 Å². The largest absolute Gasteiger partial charge is 0.417 e. The van der Waals surface area contributed by atoms with Gasteiger partial charge in [0.1, 0.15) is 11.0 Å². The van der Waals surface area contributed by atoms with Gasteiger partial charge in [0.05, 0.1) is 11.7 Å². The Kier molecular flexibility index (Phi) is 1.64. The lowest BCUT2D eigenvalue weighted by Crippen LogP contribution is -1.92. The molecule has 0 radical (unpaired) electrons. The van der Waals surface area contributed by atoms with Crippen LogP contribution in [0.5, 0.6) is 0 Å². The minimum Gasteiger partial charge on any atom is -0.407 e. The van der Waals surface area contributed by atoms with Crippen molar-refractivity contribution in [1.29, 1.82) is 0 Å². The molecule has 86 valence electrons. The molecule has 0 saturated carbocycles. The van der Waals surface area contributed by atoms with Crippen LogP contribution in [-0.2, 0) is 0 Å². The minimum atomic E-state index is -0.472. The van der Waals surface area contributed by atoms with Crippen molar-refractivity contribution in [1.82, 2.24) is 15.0 Å². The molecule has 0 bridgehead atoms. The summed E-state index contributed by atoms with van der Waals surface area (Å²) in [5.41, 5.74) is 2.67. The predicted octanol–water partition coefficient (Wildman–Crippen LogP) is 2.22. The standard InChI is InChI=1S/C13H7N3O2/c17-13-16-9-6-15-11-8(12(9)18-13)4-3-7-2-1-5-14-10(7)11/h1-6H,(H,16,17). The summed E-state index contributed by atoms with van der Waals surface area (Å²) in [5.74, 6) is -0.472. The monoisotopic (exact) mass is 237 g/mol. The number of hydrogen-bond donors (Lipinski definition) is 1. The van der Waals surface area contributed by atoms with Crippen LogP contribution in [0.25, 0.3) is 32.9 Å². The molecule has 0 saturated heterocycles. The molecule has 0 atom stereocenters. The van der Waals surface area contributed by atoms with Crippen LogP contribution >= 0.6 is 0 Å². The average Bonchev–Trinajstić information content (AvgIpc) is 2.79. The fourth-order valence-corrected chi connectivity index (χ4v) is 2.20. The number of benzene rings is 1. The van der Waals surface area contributed by atoms with Crippen LogP contribution in [-0.4, -0.2) is 15.0 Å². The van der Waals surface area contributed by atoms with Gasteiger partial charge in [-0.15, -0.1) is 0 Å². The summed E-state index contributed by atoms with van der Waals surface area (Å²) in [7, 11) is 0. The van der Waals surface area contributed by atoms with Crippen LogP contribution in [0, 0.1) is 0 Å². The van der Waals surface area contributed by atoms with E-state index in [-0.39, 0.29) is 0 Å². The van der Waals surface area contributed by atoms with Gasteiger partial charge < -0.3 is 4.42 Å². The Labute approximate surface area is 100 Å². The molecule has 3 aromatic heterocycles. The molecule has 5 nitrogen and oxygen atoms in total. The number of pyridine rings is 2. The summed E-state index contributed by atoms with van der Waals surface area (Å²) in [6, 6.07) is 7.69. The molecule has 3 heterocycles. The molecule has 0 amide bonds. The first-order chi connectivity index (χ1) is 8.83. The molecule has 0 aliphatic heterocycles. The van der Waals surface area contributed by atoms with Gasteiger partial charge in [-0.25, -0.2) is 4.79 Å². The summed E-state index contributed by atoms with van der Waals surface area (Å²) in [6.45, 7) is 0. The number of aromatic amines is 1. The van der Waals surface area contributed by atoms with Crippen LogP contribution in [0.15, 0.2) is 45.9 Å². The first kappa shape index (κ1) is 9.35. The van der Waals surface area contributed by atoms with Crippen molar-refractivity contribution < 1.29 is 4.42 Å². The zero-order valence-corrected chi connectivity index (χ0v) is 9.18. The van der Waals surface area contributed by atoms with Crippen molar-refractivity contribution in [3.05, 3.63) is 47.2 Å². The quantitative estimate of drug-likeness (QED) is 0.476. The molecule has 0 fully saturated rings. The second kappa shape index (κ2) is 3.16. The topological polar surface area (TPSA) is 71.8 Å². The fraction of sp³-hybridized carbons (Fsp3) is 0. The van der Waals surface area contributed by atoms with Gasteiger partial charge in [0.15, 0.2) is 5.58 Å². The fourth-order valence-electron chi connectivity index (χ4n) is 2.20. The minimum absolute atomic E-state index is 0.472. The Bertz CT molecular complexity index is 953. The maximum Gasteiger partial charge on any atom is 0.417 e. The van der Waals surface area contributed by atoms with E-state index >= 15 is 0 Å². The van der Waals surface area contributed by atoms with E-state index < -0.39 is 5.76 Å². The maximum absolute atomic E-state index is 11.2. The molecule has 4 aromatic rings. The Morgan fingerprint density at radius 2 is 2.06 bits per heavy atom. The molecule has 4 rings (SSSR count). The van der Waals surface area contributed by atoms with Crippen molar-refractivity contribution in [3.63, 3.8) is 0 Å². The molecule has 5 heteroatoms. The number of hydrogen-bond acceptors (Lipinski definition) is 4. The van der Waals surface area contributed by atoms with Crippen molar-refractivity contribution in [3.8, 4) is 0 Å². The molecule has 0 spiro atoms. The second-order valence-corrected chi connectivity index (χ2v) is 4.05. The second-order valence-electron chi connectivity index (χ2n) is 4.05. The van der Waals surface area contributed by atoms with Crippen molar-refractivity contribution in [2.75, 3.05) is 0 Å². The van der Waals surface area contributed by atoms with Gasteiger partial charge in [-0.3, -0.25) is 15.0 Å². The van der Waals surface area contributed by atoms with Gasteiger partial charge in [-0.1, -0.05) is 12.1 Å². The van der Waals surface area contributed by atoms with Gasteiger partial charge in [0.25, 0.3) is 0 Å². The highest BCUT2D eigenvalue weighted by atomic mass is 16.4. The number of nitrogens with zero attached hydrogens (tertiary/aromatic N) is 2. The number of fused-ring (bicyclic) bond motifs is 5. The van der Waals surface area contributed by atoms with Crippen molar-refractivity contribution in [2.45, 2.75) is 0 Å². The summed E-state index contributed by atoms with van der Waals surface area (Å²) in [6.07, 6.45) is 3.32.